The number of unbranched alkanes of at least 4 members (excludes halogenated alkanes) is 2. The predicted octanol–water partition coefficient (Wildman–Crippen LogP) is 5.71. The number of hydrogen-bond donors (Lipinski definition) is 2. The molecule has 0 saturated heterocycles. The molecule has 0 bridgehead atoms. The Morgan fingerprint density at radius 1 is 1.22 bits per heavy atom. The Hall–Kier alpha value is -0.840. The summed E-state index contributed by atoms with van der Waals surface area (Å²) in [4.78, 5) is 4.63. The largest absolute Gasteiger partial charge is 0.298 e. The molecule has 126 valence electrons. The molecule has 1 aliphatic heterocycles. The third kappa shape index (κ3) is 5.94. The number of nitrogens with zero attached hydrogens (tertiary/aromatic N) is 1. The fraction of sp³-hybridized carbons (Fsp3) is 0.471. The van der Waals surface area contributed by atoms with Crippen LogP contribution in [0.5, 0.6) is 0 Å². The van der Waals surface area contributed by atoms with Crippen LogP contribution in [0.25, 0.3) is 5.70 Å². The monoisotopic (exact) mass is 371 g/mol. The van der Waals surface area contributed by atoms with Gasteiger partial charge >= 0.3 is 0 Å². The van der Waals surface area contributed by atoms with E-state index >= 15 is 0 Å². The topological polar surface area (TPSA) is 36.4 Å². The van der Waals surface area contributed by atoms with Crippen molar-refractivity contribution >= 4 is 45.8 Å². The summed E-state index contributed by atoms with van der Waals surface area (Å²) in [5.41, 5.74) is 8.13. The molecule has 1 heterocycles. The molecular formula is C17H23Cl2N3S. The average Bonchev–Trinajstić information content (AvgIpc) is 2.54. The summed E-state index contributed by atoms with van der Waals surface area (Å²) >= 11 is 13.7. The number of hydrazine groups is 1. The van der Waals surface area contributed by atoms with Gasteiger partial charge in [0.1, 0.15) is 0 Å². The second-order valence-corrected chi connectivity index (χ2v) is 7.47. The Balaban J connectivity index is 1.89. The van der Waals surface area contributed by atoms with Crippen molar-refractivity contribution in [1.82, 2.24) is 10.9 Å². The molecule has 3 nitrogen and oxygen atoms in total. The normalized spacial score (nSPS) is 17.4. The molecule has 2 rings (SSSR count). The highest BCUT2D eigenvalue weighted by atomic mass is 35.5. The number of thioether (sulfide) groups is 1. The molecule has 0 fully saturated rings. The number of rotatable bonds is 7. The van der Waals surface area contributed by atoms with Crippen LogP contribution in [-0.2, 0) is 0 Å². The van der Waals surface area contributed by atoms with Gasteiger partial charge in [-0.3, -0.25) is 15.8 Å². The first kappa shape index (κ1) is 18.5. The van der Waals surface area contributed by atoms with Crippen LogP contribution < -0.4 is 10.9 Å². The molecule has 23 heavy (non-hydrogen) atoms. The summed E-state index contributed by atoms with van der Waals surface area (Å²) in [5, 5.41) is 4.17. The lowest BCUT2D eigenvalue weighted by Gasteiger charge is -2.20. The van der Waals surface area contributed by atoms with E-state index in [1.807, 2.05) is 17.5 Å². The van der Waals surface area contributed by atoms with Crippen LogP contribution in [0.4, 0.5) is 0 Å². The van der Waals surface area contributed by atoms with Gasteiger partial charge < -0.3 is 0 Å². The number of halogens is 2. The quantitative estimate of drug-likeness (QED) is 0.603. The highest BCUT2D eigenvalue weighted by molar-refractivity contribution is 8.16. The summed E-state index contributed by atoms with van der Waals surface area (Å²) in [5.74, 6) is 0.618. The van der Waals surface area contributed by atoms with Gasteiger partial charge in [0.15, 0.2) is 5.17 Å². The van der Waals surface area contributed by atoms with Gasteiger partial charge in [-0.15, -0.1) is 0 Å². The lowest BCUT2D eigenvalue weighted by Crippen LogP contribution is -2.37. The van der Waals surface area contributed by atoms with E-state index in [0.717, 1.165) is 23.0 Å². The predicted molar refractivity (Wildman–Crippen MR) is 104 cm³/mol. The minimum Gasteiger partial charge on any atom is -0.298 e. The van der Waals surface area contributed by atoms with Gasteiger partial charge in [-0.25, -0.2) is 0 Å². The fourth-order valence-electron chi connectivity index (χ4n) is 2.28. The van der Waals surface area contributed by atoms with Crippen LogP contribution in [-0.4, -0.2) is 11.7 Å². The van der Waals surface area contributed by atoms with E-state index in [9.17, 15) is 0 Å². The van der Waals surface area contributed by atoms with E-state index < -0.39 is 0 Å². The summed E-state index contributed by atoms with van der Waals surface area (Å²) in [6.45, 7) is 5.34. The van der Waals surface area contributed by atoms with Crippen LogP contribution in [0.2, 0.25) is 10.0 Å². The zero-order chi connectivity index (χ0) is 16.7. The molecule has 0 radical (unpaired) electrons. The van der Waals surface area contributed by atoms with E-state index in [1.165, 1.54) is 25.7 Å². The zero-order valence-corrected chi connectivity index (χ0v) is 15.9. The van der Waals surface area contributed by atoms with Gasteiger partial charge in [-0.05, 0) is 30.5 Å². The lowest BCUT2D eigenvalue weighted by molar-refractivity contribution is 0.505. The second-order valence-electron chi connectivity index (χ2n) is 5.77. The third-order valence-electron chi connectivity index (χ3n) is 3.66. The Kier molecular flexibility index (Phi) is 7.60. The highest BCUT2D eigenvalue weighted by Gasteiger charge is 2.13. The molecule has 1 aromatic rings. The number of aliphatic imine (C=N–C) groups is 1. The Bertz CT molecular complexity index is 587. The lowest BCUT2D eigenvalue weighted by atomic mass is 10.0. The van der Waals surface area contributed by atoms with Crippen molar-refractivity contribution < 1.29 is 0 Å². The van der Waals surface area contributed by atoms with Crippen molar-refractivity contribution in [2.24, 2.45) is 10.9 Å². The first-order valence-corrected chi connectivity index (χ1v) is 9.62. The van der Waals surface area contributed by atoms with Gasteiger partial charge in [-0.1, -0.05) is 68.1 Å². The summed E-state index contributed by atoms with van der Waals surface area (Å²) in [6.07, 6.45) is 5.11. The van der Waals surface area contributed by atoms with Crippen LogP contribution in [0.15, 0.2) is 28.6 Å². The van der Waals surface area contributed by atoms with Gasteiger partial charge in [0.05, 0.1) is 10.7 Å². The molecule has 0 amide bonds. The number of amidine groups is 1. The first-order valence-electron chi connectivity index (χ1n) is 7.99. The van der Waals surface area contributed by atoms with E-state index in [2.05, 4.69) is 29.7 Å². The molecule has 0 spiro atoms. The molecular weight excluding hydrogens is 349 g/mol. The van der Waals surface area contributed by atoms with Crippen molar-refractivity contribution in [3.63, 3.8) is 0 Å². The highest BCUT2D eigenvalue weighted by Crippen LogP contribution is 2.28. The van der Waals surface area contributed by atoms with Crippen molar-refractivity contribution in [2.75, 3.05) is 6.54 Å². The standard InChI is InChI=1S/C17H23Cl2N3S/c1-3-4-5-6-12(2)10-20-17-22-21-16(11-23-17)14-8-7-13(18)9-15(14)19/h7-9,11-12,21H,3-6,10H2,1-2H3,(H,20,22)/t12-/m1/s1. The van der Waals surface area contributed by atoms with Crippen molar-refractivity contribution in [3.05, 3.63) is 39.2 Å². The van der Waals surface area contributed by atoms with Gasteiger partial charge in [0.25, 0.3) is 0 Å². The van der Waals surface area contributed by atoms with Gasteiger partial charge in [0, 0.05) is 22.5 Å². The first-order chi connectivity index (χ1) is 11.1. The smallest absolute Gasteiger partial charge is 0.179 e. The van der Waals surface area contributed by atoms with E-state index in [0.29, 0.717) is 16.0 Å². The number of nitrogens with one attached hydrogen (secondary N) is 2. The molecule has 0 saturated carbocycles. The van der Waals surface area contributed by atoms with E-state index in [1.54, 1.807) is 17.8 Å². The van der Waals surface area contributed by atoms with Gasteiger partial charge in [-0.2, -0.15) is 0 Å². The van der Waals surface area contributed by atoms with Crippen molar-refractivity contribution in [2.45, 2.75) is 39.5 Å². The molecule has 1 aromatic carbocycles. The van der Waals surface area contributed by atoms with Crippen LogP contribution in [0.3, 0.4) is 0 Å². The molecule has 2 N–H and O–H groups in total. The molecule has 0 aromatic heterocycles. The zero-order valence-electron chi connectivity index (χ0n) is 13.5. The van der Waals surface area contributed by atoms with E-state index in [4.69, 9.17) is 23.2 Å². The van der Waals surface area contributed by atoms with Crippen LogP contribution >= 0.6 is 35.0 Å². The minimum absolute atomic E-state index is 0.618. The van der Waals surface area contributed by atoms with Crippen LogP contribution in [0, 0.1) is 5.92 Å². The maximum atomic E-state index is 6.23. The maximum Gasteiger partial charge on any atom is 0.179 e. The minimum atomic E-state index is 0.618. The maximum absolute atomic E-state index is 6.23. The van der Waals surface area contributed by atoms with Crippen LogP contribution in [0.1, 0.15) is 45.1 Å². The number of hydrogen-bond acceptors (Lipinski definition) is 3. The Morgan fingerprint density at radius 2 is 2.04 bits per heavy atom. The van der Waals surface area contributed by atoms with Crippen molar-refractivity contribution in [3.8, 4) is 0 Å². The molecule has 1 atom stereocenters. The summed E-state index contributed by atoms with van der Waals surface area (Å²) < 4.78 is 0. The van der Waals surface area contributed by atoms with Gasteiger partial charge in [0.2, 0.25) is 0 Å². The Morgan fingerprint density at radius 3 is 2.70 bits per heavy atom. The molecule has 0 aliphatic carbocycles. The number of benzene rings is 1. The average molecular weight is 372 g/mol. The second kappa shape index (κ2) is 9.45. The Labute approximate surface area is 152 Å². The fourth-order valence-corrected chi connectivity index (χ4v) is 3.47. The molecule has 0 unspecified atom stereocenters. The molecule has 6 heteroatoms. The molecule has 1 aliphatic rings. The summed E-state index contributed by atoms with van der Waals surface area (Å²) in [6, 6.07) is 5.48. The SMILES string of the molecule is CCCCC[C@@H](C)CN=C1NNC(c2ccc(Cl)cc2Cl)=CS1. The van der Waals surface area contributed by atoms with Crippen molar-refractivity contribution in [1.29, 1.82) is 0 Å². The van der Waals surface area contributed by atoms with E-state index in [-0.39, 0.29) is 0 Å². The third-order valence-corrected chi connectivity index (χ3v) is 5.02. The summed E-state index contributed by atoms with van der Waals surface area (Å²) in [7, 11) is 0.